The highest BCUT2D eigenvalue weighted by atomic mass is 16.5. The third-order valence-corrected chi connectivity index (χ3v) is 2.42. The summed E-state index contributed by atoms with van der Waals surface area (Å²) in [7, 11) is 0. The minimum Gasteiger partial charge on any atom is -0.409 e. The van der Waals surface area contributed by atoms with Crippen molar-refractivity contribution in [1.82, 2.24) is 15.5 Å². The van der Waals surface area contributed by atoms with E-state index in [1.54, 1.807) is 6.92 Å². The summed E-state index contributed by atoms with van der Waals surface area (Å²) in [4.78, 5) is 4.10. The molecule has 1 rings (SSSR count). The van der Waals surface area contributed by atoms with E-state index < -0.39 is 0 Å². The molecule has 1 aromatic heterocycles. The fraction of sp³-hybridized carbons (Fsp3) is 0.700. The molecular weight excluding hydrogens is 222 g/mol. The minimum absolute atomic E-state index is 0.190. The molecule has 0 radical (unpaired) electrons. The van der Waals surface area contributed by atoms with E-state index in [1.165, 1.54) is 0 Å². The van der Waals surface area contributed by atoms with Crippen molar-refractivity contribution in [3.05, 3.63) is 11.7 Å². The van der Waals surface area contributed by atoms with Gasteiger partial charge in [0.25, 0.3) is 0 Å². The predicted octanol–water partition coefficient (Wildman–Crippen LogP) is 0.425. The quantitative estimate of drug-likeness (QED) is 0.276. The van der Waals surface area contributed by atoms with Gasteiger partial charge >= 0.3 is 0 Å². The normalized spacial score (nSPS) is 13.9. The van der Waals surface area contributed by atoms with Crippen molar-refractivity contribution in [2.24, 2.45) is 10.9 Å². The van der Waals surface area contributed by atoms with E-state index in [2.05, 4.69) is 20.6 Å². The minimum atomic E-state index is 0.190. The summed E-state index contributed by atoms with van der Waals surface area (Å²) in [5.74, 6) is 1.50. The van der Waals surface area contributed by atoms with Crippen LogP contribution in [-0.4, -0.2) is 33.8 Å². The zero-order valence-corrected chi connectivity index (χ0v) is 10.2. The van der Waals surface area contributed by atoms with Gasteiger partial charge in [-0.2, -0.15) is 4.98 Å². The lowest BCUT2D eigenvalue weighted by Gasteiger charge is -2.15. The number of nitrogens with zero attached hydrogens (tertiary/aromatic N) is 3. The van der Waals surface area contributed by atoms with Crippen molar-refractivity contribution in [3.8, 4) is 0 Å². The van der Waals surface area contributed by atoms with E-state index in [9.17, 15) is 0 Å². The molecule has 0 aliphatic carbocycles. The number of nitrogens with two attached hydrogens (primary N) is 1. The Morgan fingerprint density at radius 1 is 1.65 bits per heavy atom. The van der Waals surface area contributed by atoms with Crippen LogP contribution < -0.4 is 11.1 Å². The van der Waals surface area contributed by atoms with Gasteiger partial charge in [-0.3, -0.25) is 0 Å². The highest BCUT2D eigenvalue weighted by molar-refractivity contribution is 5.80. The SMILES string of the molecule is CCC(CC(N)=NO)NCCc1nc(C)no1. The van der Waals surface area contributed by atoms with E-state index in [4.69, 9.17) is 15.5 Å². The van der Waals surface area contributed by atoms with E-state index in [-0.39, 0.29) is 11.9 Å². The van der Waals surface area contributed by atoms with Gasteiger partial charge in [-0.05, 0) is 13.3 Å². The maximum absolute atomic E-state index is 8.49. The maximum Gasteiger partial charge on any atom is 0.227 e. The summed E-state index contributed by atoms with van der Waals surface area (Å²) >= 11 is 0. The summed E-state index contributed by atoms with van der Waals surface area (Å²) in [6.45, 7) is 4.55. The first-order valence-electron chi connectivity index (χ1n) is 5.64. The van der Waals surface area contributed by atoms with E-state index in [0.29, 0.717) is 24.6 Å². The summed E-state index contributed by atoms with van der Waals surface area (Å²) in [5, 5.41) is 18.4. The van der Waals surface area contributed by atoms with Crippen LogP contribution in [0.4, 0.5) is 0 Å². The smallest absolute Gasteiger partial charge is 0.227 e. The molecule has 0 amide bonds. The van der Waals surface area contributed by atoms with Gasteiger partial charge in [0.15, 0.2) is 5.82 Å². The number of aryl methyl sites for hydroxylation is 1. The van der Waals surface area contributed by atoms with Crippen molar-refractivity contribution in [3.63, 3.8) is 0 Å². The molecule has 0 aliphatic rings. The lowest BCUT2D eigenvalue weighted by Crippen LogP contribution is -2.34. The number of aromatic nitrogens is 2. The van der Waals surface area contributed by atoms with Gasteiger partial charge in [0.1, 0.15) is 5.84 Å². The third kappa shape index (κ3) is 4.81. The second kappa shape index (κ2) is 6.85. The van der Waals surface area contributed by atoms with Gasteiger partial charge < -0.3 is 20.8 Å². The Balaban J connectivity index is 2.28. The Kier molecular flexibility index (Phi) is 5.41. The topological polar surface area (TPSA) is 110 Å². The standard InChI is InChI=1S/C10H19N5O2/c1-3-8(6-9(11)14-16)12-5-4-10-13-7(2)15-17-10/h8,12,16H,3-6H2,1-2H3,(H2,11,14). The molecule has 96 valence electrons. The molecule has 1 atom stereocenters. The van der Waals surface area contributed by atoms with Crippen LogP contribution in [0, 0.1) is 6.92 Å². The first-order chi connectivity index (χ1) is 8.15. The van der Waals surface area contributed by atoms with Crippen LogP contribution in [0.25, 0.3) is 0 Å². The molecule has 0 bridgehead atoms. The second-order valence-electron chi connectivity index (χ2n) is 3.84. The fourth-order valence-electron chi connectivity index (χ4n) is 1.48. The summed E-state index contributed by atoms with van der Waals surface area (Å²) in [6, 6.07) is 0.190. The van der Waals surface area contributed by atoms with E-state index in [1.807, 2.05) is 6.92 Å². The van der Waals surface area contributed by atoms with Crippen molar-refractivity contribution >= 4 is 5.84 Å². The lowest BCUT2D eigenvalue weighted by molar-refractivity contribution is 0.315. The first kappa shape index (κ1) is 13.4. The number of nitrogens with one attached hydrogen (secondary N) is 1. The van der Waals surface area contributed by atoms with Crippen LogP contribution in [0.15, 0.2) is 9.68 Å². The van der Waals surface area contributed by atoms with Gasteiger partial charge in [0.2, 0.25) is 5.89 Å². The van der Waals surface area contributed by atoms with Crippen LogP contribution in [0.2, 0.25) is 0 Å². The van der Waals surface area contributed by atoms with Crippen LogP contribution in [0.1, 0.15) is 31.5 Å². The Morgan fingerprint density at radius 3 is 2.94 bits per heavy atom. The zero-order valence-electron chi connectivity index (χ0n) is 10.2. The fourth-order valence-corrected chi connectivity index (χ4v) is 1.48. The molecule has 4 N–H and O–H groups in total. The third-order valence-electron chi connectivity index (χ3n) is 2.42. The summed E-state index contributed by atoms with van der Waals surface area (Å²) in [5.41, 5.74) is 5.45. The van der Waals surface area contributed by atoms with E-state index in [0.717, 1.165) is 13.0 Å². The second-order valence-corrected chi connectivity index (χ2v) is 3.84. The van der Waals surface area contributed by atoms with Gasteiger partial charge in [0.05, 0.1) is 0 Å². The molecular formula is C10H19N5O2. The van der Waals surface area contributed by atoms with Crippen LogP contribution in [0.3, 0.4) is 0 Å². The molecule has 7 heteroatoms. The molecule has 0 aromatic carbocycles. The van der Waals surface area contributed by atoms with Crippen molar-refractivity contribution in [2.45, 2.75) is 39.2 Å². The largest absolute Gasteiger partial charge is 0.409 e. The average molecular weight is 241 g/mol. The Bertz CT molecular complexity index is 363. The van der Waals surface area contributed by atoms with Crippen molar-refractivity contribution < 1.29 is 9.73 Å². The first-order valence-corrected chi connectivity index (χ1v) is 5.64. The number of hydrogen-bond donors (Lipinski definition) is 3. The lowest BCUT2D eigenvalue weighted by atomic mass is 10.1. The maximum atomic E-state index is 8.49. The molecule has 0 fully saturated rings. The number of hydrogen-bond acceptors (Lipinski definition) is 6. The number of rotatable bonds is 7. The van der Waals surface area contributed by atoms with E-state index >= 15 is 0 Å². The molecule has 1 unspecified atom stereocenters. The Hall–Kier alpha value is -1.63. The molecule has 1 aromatic rings. The van der Waals surface area contributed by atoms with Gasteiger partial charge in [0, 0.05) is 25.4 Å². The molecule has 0 spiro atoms. The highest BCUT2D eigenvalue weighted by Gasteiger charge is 2.09. The zero-order chi connectivity index (χ0) is 12.7. The van der Waals surface area contributed by atoms with Crippen molar-refractivity contribution in [1.29, 1.82) is 0 Å². The molecule has 0 saturated heterocycles. The van der Waals surface area contributed by atoms with Gasteiger partial charge in [-0.1, -0.05) is 17.2 Å². The summed E-state index contributed by atoms with van der Waals surface area (Å²) in [6.07, 6.45) is 2.10. The molecule has 7 nitrogen and oxygen atoms in total. The monoisotopic (exact) mass is 241 g/mol. The molecule has 0 aliphatic heterocycles. The Morgan fingerprint density at radius 2 is 2.41 bits per heavy atom. The molecule has 1 heterocycles. The predicted molar refractivity (Wildman–Crippen MR) is 62.8 cm³/mol. The Labute approximate surface area is 100 Å². The number of oxime groups is 1. The molecule has 0 saturated carbocycles. The van der Waals surface area contributed by atoms with Crippen molar-refractivity contribution in [2.75, 3.05) is 6.54 Å². The van der Waals surface area contributed by atoms with Crippen LogP contribution >= 0.6 is 0 Å². The van der Waals surface area contributed by atoms with Crippen LogP contribution in [-0.2, 0) is 6.42 Å². The number of amidine groups is 1. The van der Waals surface area contributed by atoms with Gasteiger partial charge in [-0.15, -0.1) is 0 Å². The highest BCUT2D eigenvalue weighted by Crippen LogP contribution is 2.00. The van der Waals surface area contributed by atoms with Gasteiger partial charge in [-0.25, -0.2) is 0 Å². The average Bonchev–Trinajstić information content (AvgIpc) is 2.73. The summed E-state index contributed by atoms with van der Waals surface area (Å²) < 4.78 is 4.99. The molecule has 17 heavy (non-hydrogen) atoms. The van der Waals surface area contributed by atoms with Crippen LogP contribution in [0.5, 0.6) is 0 Å².